The largest absolute Gasteiger partial charge is 0.710 e. The number of rotatable bonds is 7. The highest BCUT2D eigenvalue weighted by atomic mass is 35.5. The standard InChI is InChI=1S/C27H23Cl2F2N3O3/c1-4-27(30,31)17-7-5-8-18(14-17)33-26(35)24-15(2)32-25(34(24)36)16-11-12-22(37-3)19(13-16)23-20(28)9-6-10-21(23)29/h5-14,32H,4H2,1-3H3,(H,33,35). The highest BCUT2D eigenvalue weighted by Crippen LogP contribution is 2.41. The smallest absolute Gasteiger partial charge is 0.300 e. The molecule has 0 bridgehead atoms. The Labute approximate surface area is 222 Å². The first-order valence-corrected chi connectivity index (χ1v) is 12.1. The van der Waals surface area contributed by atoms with Crippen LogP contribution in [0.5, 0.6) is 5.75 Å². The molecule has 0 saturated heterocycles. The Bertz CT molecular complexity index is 1470. The van der Waals surface area contributed by atoms with E-state index in [2.05, 4.69) is 10.3 Å². The van der Waals surface area contributed by atoms with Crippen molar-refractivity contribution in [3.05, 3.63) is 92.9 Å². The van der Waals surface area contributed by atoms with Crippen molar-refractivity contribution in [1.82, 2.24) is 4.98 Å². The van der Waals surface area contributed by atoms with Crippen molar-refractivity contribution in [2.45, 2.75) is 26.2 Å². The number of amides is 1. The lowest BCUT2D eigenvalue weighted by molar-refractivity contribution is -0.594. The molecule has 0 radical (unpaired) electrons. The molecule has 2 N–H and O–H groups in total. The molecule has 1 heterocycles. The van der Waals surface area contributed by atoms with Crippen LogP contribution in [0, 0.1) is 12.1 Å². The van der Waals surface area contributed by atoms with E-state index < -0.39 is 11.8 Å². The molecule has 37 heavy (non-hydrogen) atoms. The number of hydrogen-bond acceptors (Lipinski definition) is 3. The lowest BCUT2D eigenvalue weighted by Gasteiger charge is -2.15. The fraction of sp³-hybridized carbons (Fsp3) is 0.185. The molecule has 0 unspecified atom stereocenters. The number of hydrogen-bond donors (Lipinski definition) is 2. The first-order valence-electron chi connectivity index (χ1n) is 11.3. The molecule has 6 nitrogen and oxygen atoms in total. The van der Waals surface area contributed by atoms with E-state index >= 15 is 0 Å². The number of methoxy groups -OCH3 is 1. The van der Waals surface area contributed by atoms with Crippen LogP contribution in [0.4, 0.5) is 14.5 Å². The molecule has 192 valence electrons. The number of nitrogens with one attached hydrogen (secondary N) is 2. The Hall–Kier alpha value is -3.62. The molecular weight excluding hydrogens is 523 g/mol. The first-order chi connectivity index (χ1) is 17.6. The van der Waals surface area contributed by atoms with Crippen molar-refractivity contribution < 1.29 is 23.0 Å². The number of H-pyrrole nitrogens is 1. The molecule has 3 aromatic carbocycles. The second-order valence-corrected chi connectivity index (χ2v) is 9.16. The van der Waals surface area contributed by atoms with Crippen molar-refractivity contribution >= 4 is 34.8 Å². The summed E-state index contributed by atoms with van der Waals surface area (Å²) in [5, 5.41) is 16.6. The average Bonchev–Trinajstić information content (AvgIpc) is 3.17. The van der Waals surface area contributed by atoms with E-state index in [1.807, 2.05) is 0 Å². The van der Waals surface area contributed by atoms with Crippen LogP contribution in [0.15, 0.2) is 60.7 Å². The number of anilines is 1. The Morgan fingerprint density at radius 1 is 1.11 bits per heavy atom. The van der Waals surface area contributed by atoms with Gasteiger partial charge in [-0.15, -0.1) is 0 Å². The minimum atomic E-state index is -3.03. The maximum atomic E-state index is 14.1. The third-order valence-corrected chi connectivity index (χ3v) is 6.60. The van der Waals surface area contributed by atoms with E-state index in [1.54, 1.807) is 43.3 Å². The fourth-order valence-corrected chi connectivity index (χ4v) is 4.63. The zero-order valence-corrected chi connectivity index (χ0v) is 21.7. The van der Waals surface area contributed by atoms with Gasteiger partial charge in [-0.3, -0.25) is 4.79 Å². The minimum Gasteiger partial charge on any atom is -0.710 e. The van der Waals surface area contributed by atoms with Gasteiger partial charge in [0.1, 0.15) is 5.75 Å². The van der Waals surface area contributed by atoms with E-state index in [0.717, 1.165) is 0 Å². The average molecular weight is 546 g/mol. The molecule has 0 saturated carbocycles. The second kappa shape index (κ2) is 10.4. The third kappa shape index (κ3) is 5.12. The number of imidazole rings is 1. The van der Waals surface area contributed by atoms with Gasteiger partial charge in [0.2, 0.25) is 5.69 Å². The highest BCUT2D eigenvalue weighted by Gasteiger charge is 2.30. The van der Waals surface area contributed by atoms with Crippen LogP contribution in [-0.2, 0) is 5.92 Å². The monoisotopic (exact) mass is 545 g/mol. The van der Waals surface area contributed by atoms with Crippen molar-refractivity contribution in [2.24, 2.45) is 0 Å². The number of aryl methyl sites for hydroxylation is 1. The molecule has 0 aliphatic carbocycles. The molecule has 10 heteroatoms. The van der Waals surface area contributed by atoms with Gasteiger partial charge in [-0.25, -0.2) is 18.5 Å². The van der Waals surface area contributed by atoms with Gasteiger partial charge in [-0.2, -0.15) is 0 Å². The van der Waals surface area contributed by atoms with Gasteiger partial charge in [0.25, 0.3) is 17.7 Å². The number of aromatic nitrogens is 2. The maximum Gasteiger partial charge on any atom is 0.300 e. The second-order valence-electron chi connectivity index (χ2n) is 8.35. The van der Waals surface area contributed by atoms with Crippen LogP contribution < -0.4 is 14.8 Å². The number of ether oxygens (including phenoxy) is 1. The van der Waals surface area contributed by atoms with Gasteiger partial charge in [0.15, 0.2) is 5.69 Å². The Morgan fingerprint density at radius 3 is 2.43 bits per heavy atom. The Kier molecular flexibility index (Phi) is 7.43. The summed E-state index contributed by atoms with van der Waals surface area (Å²) in [6.45, 7) is 2.95. The zero-order chi connectivity index (χ0) is 26.9. The molecule has 0 spiro atoms. The van der Waals surface area contributed by atoms with Crippen LogP contribution in [0.25, 0.3) is 22.5 Å². The molecule has 0 aliphatic rings. The maximum absolute atomic E-state index is 14.1. The van der Waals surface area contributed by atoms with Crippen molar-refractivity contribution in [3.8, 4) is 28.3 Å². The lowest BCUT2D eigenvalue weighted by Crippen LogP contribution is -2.36. The quantitative estimate of drug-likeness (QED) is 0.188. The Balaban J connectivity index is 1.72. The van der Waals surface area contributed by atoms with Crippen LogP contribution in [0.1, 0.15) is 35.1 Å². The Morgan fingerprint density at radius 2 is 1.78 bits per heavy atom. The normalized spacial score (nSPS) is 11.4. The summed E-state index contributed by atoms with van der Waals surface area (Å²) in [5.74, 6) is -3.19. The predicted molar refractivity (Wildman–Crippen MR) is 141 cm³/mol. The summed E-state index contributed by atoms with van der Waals surface area (Å²) < 4.78 is 34.2. The summed E-state index contributed by atoms with van der Waals surface area (Å²) >= 11 is 12.8. The third-order valence-electron chi connectivity index (χ3n) is 5.97. The fourth-order valence-electron chi connectivity index (χ4n) is 4.03. The van der Waals surface area contributed by atoms with E-state index in [0.29, 0.717) is 42.9 Å². The summed E-state index contributed by atoms with van der Waals surface area (Å²) in [7, 11) is 1.50. The molecule has 0 atom stereocenters. The molecule has 1 aromatic heterocycles. The number of aromatic amines is 1. The predicted octanol–water partition coefficient (Wildman–Crippen LogP) is 7.36. The number of alkyl halides is 2. The van der Waals surface area contributed by atoms with Gasteiger partial charge >= 0.3 is 0 Å². The summed E-state index contributed by atoms with van der Waals surface area (Å²) in [6, 6.07) is 15.5. The molecule has 4 rings (SSSR count). The SMILES string of the molecule is CCC(F)(F)c1cccc(NC(=O)c2c(C)[nH]c(-c3ccc(OC)c(-c4c(Cl)cccc4Cl)c3)[n+]2[O-])c1. The molecular formula is C27H23Cl2F2N3O3. The molecule has 0 fully saturated rings. The highest BCUT2D eigenvalue weighted by molar-refractivity contribution is 6.39. The van der Waals surface area contributed by atoms with Gasteiger partial charge in [-0.1, -0.05) is 48.3 Å². The lowest BCUT2D eigenvalue weighted by atomic mass is 10.0. The number of benzene rings is 3. The number of carbonyl (C=O) groups is 1. The molecule has 0 aliphatic heterocycles. The van der Waals surface area contributed by atoms with Crippen LogP contribution >= 0.6 is 23.2 Å². The number of carbonyl (C=O) groups excluding carboxylic acids is 1. The van der Waals surface area contributed by atoms with Crippen LogP contribution in [0.2, 0.25) is 10.0 Å². The van der Waals surface area contributed by atoms with Gasteiger partial charge in [0.05, 0.1) is 22.7 Å². The van der Waals surface area contributed by atoms with Gasteiger partial charge in [0, 0.05) is 35.7 Å². The zero-order valence-electron chi connectivity index (χ0n) is 20.2. The number of nitrogens with zero attached hydrogens (tertiary/aromatic N) is 1. The van der Waals surface area contributed by atoms with Crippen molar-refractivity contribution in [1.29, 1.82) is 0 Å². The first kappa shape index (κ1) is 26.4. The minimum absolute atomic E-state index is 0.0981. The van der Waals surface area contributed by atoms with E-state index in [1.165, 1.54) is 38.3 Å². The van der Waals surface area contributed by atoms with E-state index in [9.17, 15) is 18.8 Å². The van der Waals surface area contributed by atoms with Crippen molar-refractivity contribution in [3.63, 3.8) is 0 Å². The number of halogens is 4. The summed E-state index contributed by atoms with van der Waals surface area (Å²) in [4.78, 5) is 16.0. The van der Waals surface area contributed by atoms with E-state index in [-0.39, 0.29) is 29.2 Å². The molecule has 4 aromatic rings. The van der Waals surface area contributed by atoms with Gasteiger partial charge < -0.3 is 15.3 Å². The van der Waals surface area contributed by atoms with E-state index in [4.69, 9.17) is 27.9 Å². The molecule has 1 amide bonds. The summed E-state index contributed by atoms with van der Waals surface area (Å²) in [6.07, 6.45) is -0.380. The van der Waals surface area contributed by atoms with Gasteiger partial charge in [-0.05, 0) is 42.5 Å². The van der Waals surface area contributed by atoms with Crippen LogP contribution in [-0.4, -0.2) is 18.0 Å². The van der Waals surface area contributed by atoms with Crippen LogP contribution in [0.3, 0.4) is 0 Å². The van der Waals surface area contributed by atoms with Crippen molar-refractivity contribution in [2.75, 3.05) is 12.4 Å². The summed E-state index contributed by atoms with van der Waals surface area (Å²) in [5.41, 5.74) is 1.57. The topological polar surface area (TPSA) is 81.1 Å².